The Bertz CT molecular complexity index is 277. The third kappa shape index (κ3) is 3.36. The molecule has 0 aromatic heterocycles. The first-order chi connectivity index (χ1) is 8.70. The number of urea groups is 1. The zero-order valence-corrected chi connectivity index (χ0v) is 11.0. The highest BCUT2D eigenvalue weighted by molar-refractivity contribution is 5.72. The van der Waals surface area contributed by atoms with Gasteiger partial charge in [0.25, 0.3) is 0 Å². The normalized spacial score (nSPS) is 30.4. The fraction of sp³-hybridized carbons (Fsp3) is 0.923. The first-order valence-electron chi connectivity index (χ1n) is 7.12. The Morgan fingerprint density at radius 2 is 1.89 bits per heavy atom. The largest absolute Gasteiger partial charge is 0.396 e. The molecule has 4 N–H and O–H groups in total. The van der Waals surface area contributed by atoms with Crippen LogP contribution < -0.4 is 11.1 Å². The minimum atomic E-state index is -0.306. The molecule has 18 heavy (non-hydrogen) atoms. The number of rotatable bonds is 3. The standard InChI is InChI=1S/C13H25N3O2/c14-13(18)16-7-5-11(6-8-16)15-12-4-2-1-3-10(12)9-17/h10-12,15,17H,1-9H2,(H2,14,18). The van der Waals surface area contributed by atoms with Gasteiger partial charge in [-0.1, -0.05) is 12.8 Å². The summed E-state index contributed by atoms with van der Waals surface area (Å²) in [7, 11) is 0. The minimum Gasteiger partial charge on any atom is -0.396 e. The predicted molar refractivity (Wildman–Crippen MR) is 70.1 cm³/mol. The third-order valence-corrected chi connectivity index (χ3v) is 4.40. The molecule has 2 unspecified atom stereocenters. The Labute approximate surface area is 109 Å². The Morgan fingerprint density at radius 1 is 1.22 bits per heavy atom. The second-order valence-corrected chi connectivity index (χ2v) is 5.60. The fourth-order valence-electron chi connectivity index (χ4n) is 3.21. The fourth-order valence-corrected chi connectivity index (χ4v) is 3.21. The summed E-state index contributed by atoms with van der Waals surface area (Å²) >= 11 is 0. The molecule has 2 rings (SSSR count). The molecular weight excluding hydrogens is 230 g/mol. The van der Waals surface area contributed by atoms with Gasteiger partial charge in [0.15, 0.2) is 0 Å². The van der Waals surface area contributed by atoms with Gasteiger partial charge in [-0.25, -0.2) is 4.79 Å². The summed E-state index contributed by atoms with van der Waals surface area (Å²) in [6.45, 7) is 1.80. The van der Waals surface area contributed by atoms with Crippen molar-refractivity contribution in [2.75, 3.05) is 19.7 Å². The maximum absolute atomic E-state index is 11.0. The molecule has 1 saturated carbocycles. The molecule has 104 valence electrons. The Balaban J connectivity index is 1.78. The van der Waals surface area contributed by atoms with Crippen LogP contribution in [-0.4, -0.2) is 47.8 Å². The van der Waals surface area contributed by atoms with Gasteiger partial charge in [0.1, 0.15) is 0 Å². The van der Waals surface area contributed by atoms with E-state index < -0.39 is 0 Å². The molecule has 0 radical (unpaired) electrons. The summed E-state index contributed by atoms with van der Waals surface area (Å²) in [6.07, 6.45) is 6.74. The van der Waals surface area contributed by atoms with E-state index in [9.17, 15) is 9.90 Å². The SMILES string of the molecule is NC(=O)N1CCC(NC2CCCCC2CO)CC1. The molecule has 2 fully saturated rings. The molecule has 5 heteroatoms. The molecule has 5 nitrogen and oxygen atoms in total. The summed E-state index contributed by atoms with van der Waals surface area (Å²) in [6, 6.07) is 0.617. The maximum atomic E-state index is 11.0. The van der Waals surface area contributed by atoms with Crippen molar-refractivity contribution < 1.29 is 9.90 Å². The summed E-state index contributed by atoms with van der Waals surface area (Å²) in [4.78, 5) is 12.8. The molecule has 0 aromatic carbocycles. The highest BCUT2D eigenvalue weighted by Gasteiger charge is 2.28. The van der Waals surface area contributed by atoms with Gasteiger partial charge in [-0.05, 0) is 31.6 Å². The lowest BCUT2D eigenvalue weighted by Gasteiger charge is -2.37. The van der Waals surface area contributed by atoms with Crippen molar-refractivity contribution in [3.63, 3.8) is 0 Å². The van der Waals surface area contributed by atoms with Gasteiger partial charge >= 0.3 is 6.03 Å². The number of nitrogens with one attached hydrogen (secondary N) is 1. The van der Waals surface area contributed by atoms with Crippen LogP contribution in [0.4, 0.5) is 4.79 Å². The van der Waals surface area contributed by atoms with E-state index in [1.165, 1.54) is 19.3 Å². The number of carbonyl (C=O) groups excluding carboxylic acids is 1. The van der Waals surface area contributed by atoms with Crippen LogP contribution in [-0.2, 0) is 0 Å². The average Bonchev–Trinajstić information content (AvgIpc) is 2.40. The maximum Gasteiger partial charge on any atom is 0.314 e. The number of piperidine rings is 1. The molecule has 2 aliphatic rings. The molecule has 1 saturated heterocycles. The Hall–Kier alpha value is -0.810. The van der Waals surface area contributed by atoms with Crippen molar-refractivity contribution in [1.29, 1.82) is 0 Å². The van der Waals surface area contributed by atoms with Gasteiger partial charge in [-0.2, -0.15) is 0 Å². The van der Waals surface area contributed by atoms with E-state index in [0.717, 1.165) is 32.4 Å². The highest BCUT2D eigenvalue weighted by Crippen LogP contribution is 2.25. The van der Waals surface area contributed by atoms with Crippen molar-refractivity contribution in [1.82, 2.24) is 10.2 Å². The monoisotopic (exact) mass is 255 g/mol. The van der Waals surface area contributed by atoms with E-state index in [1.807, 2.05) is 0 Å². The van der Waals surface area contributed by atoms with Crippen molar-refractivity contribution in [3.05, 3.63) is 0 Å². The van der Waals surface area contributed by atoms with Crippen LogP contribution >= 0.6 is 0 Å². The van der Waals surface area contributed by atoms with Gasteiger partial charge in [-0.3, -0.25) is 0 Å². The van der Waals surface area contributed by atoms with Crippen LogP contribution in [0.25, 0.3) is 0 Å². The van der Waals surface area contributed by atoms with Gasteiger partial charge in [0.05, 0.1) is 0 Å². The number of primary amides is 1. The summed E-state index contributed by atoms with van der Waals surface area (Å²) in [5, 5.41) is 13.1. The first kappa shape index (κ1) is 13.6. The number of nitrogens with zero attached hydrogens (tertiary/aromatic N) is 1. The van der Waals surface area contributed by atoms with E-state index in [4.69, 9.17) is 5.73 Å². The lowest BCUT2D eigenvalue weighted by molar-refractivity contribution is 0.132. The van der Waals surface area contributed by atoms with Crippen LogP contribution in [0.15, 0.2) is 0 Å². The predicted octanol–water partition coefficient (Wildman–Crippen LogP) is 0.670. The van der Waals surface area contributed by atoms with Gasteiger partial charge in [0, 0.05) is 31.8 Å². The zero-order chi connectivity index (χ0) is 13.0. The van der Waals surface area contributed by atoms with Crippen LogP contribution in [0.3, 0.4) is 0 Å². The van der Waals surface area contributed by atoms with Gasteiger partial charge in [-0.15, -0.1) is 0 Å². The van der Waals surface area contributed by atoms with E-state index in [-0.39, 0.29) is 12.6 Å². The second kappa shape index (κ2) is 6.38. The van der Waals surface area contributed by atoms with Gasteiger partial charge < -0.3 is 21.1 Å². The number of hydrogen-bond donors (Lipinski definition) is 3. The molecule has 1 heterocycles. The molecule has 2 atom stereocenters. The van der Waals surface area contributed by atoms with Crippen LogP contribution in [0.2, 0.25) is 0 Å². The highest BCUT2D eigenvalue weighted by atomic mass is 16.3. The number of carbonyl (C=O) groups is 1. The summed E-state index contributed by atoms with van der Waals surface area (Å²) < 4.78 is 0. The van der Waals surface area contributed by atoms with Crippen LogP contribution in [0.5, 0.6) is 0 Å². The molecule has 0 aromatic rings. The number of likely N-dealkylation sites (tertiary alicyclic amines) is 1. The van der Waals surface area contributed by atoms with Crippen LogP contribution in [0, 0.1) is 5.92 Å². The number of nitrogens with two attached hydrogens (primary N) is 1. The van der Waals surface area contributed by atoms with Crippen molar-refractivity contribution in [3.8, 4) is 0 Å². The first-order valence-corrected chi connectivity index (χ1v) is 7.12. The minimum absolute atomic E-state index is 0.289. The number of hydrogen-bond acceptors (Lipinski definition) is 3. The van der Waals surface area contributed by atoms with E-state index in [0.29, 0.717) is 18.0 Å². The molecule has 0 spiro atoms. The smallest absolute Gasteiger partial charge is 0.314 e. The zero-order valence-electron chi connectivity index (χ0n) is 11.0. The van der Waals surface area contributed by atoms with Gasteiger partial charge in [0.2, 0.25) is 0 Å². The van der Waals surface area contributed by atoms with Crippen molar-refractivity contribution >= 4 is 6.03 Å². The van der Waals surface area contributed by atoms with E-state index in [2.05, 4.69) is 5.32 Å². The summed E-state index contributed by atoms with van der Waals surface area (Å²) in [5.41, 5.74) is 5.27. The quantitative estimate of drug-likeness (QED) is 0.693. The third-order valence-electron chi connectivity index (χ3n) is 4.40. The average molecular weight is 255 g/mol. The molecular formula is C13H25N3O2. The molecule has 1 aliphatic heterocycles. The van der Waals surface area contributed by atoms with Crippen molar-refractivity contribution in [2.45, 2.75) is 50.6 Å². The lowest BCUT2D eigenvalue weighted by atomic mass is 9.84. The topological polar surface area (TPSA) is 78.6 Å². The van der Waals surface area contributed by atoms with E-state index in [1.54, 1.807) is 4.90 Å². The Morgan fingerprint density at radius 3 is 2.50 bits per heavy atom. The number of aliphatic hydroxyl groups is 1. The van der Waals surface area contributed by atoms with E-state index >= 15 is 0 Å². The molecule has 1 aliphatic carbocycles. The lowest BCUT2D eigenvalue weighted by Crippen LogP contribution is -2.51. The number of aliphatic hydroxyl groups excluding tert-OH is 1. The Kier molecular flexibility index (Phi) is 4.83. The second-order valence-electron chi connectivity index (χ2n) is 5.60. The van der Waals surface area contributed by atoms with Crippen LogP contribution in [0.1, 0.15) is 38.5 Å². The molecule has 0 bridgehead atoms. The van der Waals surface area contributed by atoms with Crippen molar-refractivity contribution in [2.24, 2.45) is 11.7 Å². The summed E-state index contributed by atoms with van der Waals surface area (Å²) in [5.74, 6) is 0.410. The molecule has 2 amide bonds. The number of amides is 2.